The van der Waals surface area contributed by atoms with E-state index in [1.54, 1.807) is 0 Å². The first kappa shape index (κ1) is 6.89. The molecule has 0 aliphatic rings. The van der Waals surface area contributed by atoms with Gasteiger partial charge in [0.2, 0.25) is 0 Å². The van der Waals surface area contributed by atoms with Crippen molar-refractivity contribution in [2.75, 3.05) is 6.61 Å². The van der Waals surface area contributed by atoms with Gasteiger partial charge in [-0.1, -0.05) is 0 Å². The van der Waals surface area contributed by atoms with Gasteiger partial charge in [0.1, 0.15) is 0 Å². The minimum atomic E-state index is -0.813. The zero-order valence-electron chi connectivity index (χ0n) is 4.39. The average Bonchev–Trinajstić information content (AvgIpc) is 1.61. The zero-order chi connectivity index (χ0) is 5.70. The predicted molar refractivity (Wildman–Crippen MR) is 26.6 cm³/mol. The van der Waals surface area contributed by atoms with Gasteiger partial charge in [0, 0.05) is 6.61 Å². The molecule has 0 aromatic rings. The molecule has 0 heterocycles. The second kappa shape index (κ2) is 4.06. The van der Waals surface area contributed by atoms with Crippen molar-refractivity contribution in [1.82, 2.24) is 0 Å². The Labute approximate surface area is 43.2 Å². The van der Waals surface area contributed by atoms with Gasteiger partial charge in [-0.05, 0) is 19.8 Å². The highest BCUT2D eigenvalue weighted by Gasteiger charge is 1.94. The highest BCUT2D eigenvalue weighted by molar-refractivity contribution is 4.64. The van der Waals surface area contributed by atoms with E-state index < -0.39 is 6.17 Å². The minimum Gasteiger partial charge on any atom is -0.396 e. The normalized spacial score (nSPS) is 14.1. The molecule has 0 aliphatic carbocycles. The monoisotopic (exact) mass is 105 g/mol. The highest BCUT2D eigenvalue weighted by atomic mass is 19.1. The lowest BCUT2D eigenvalue weighted by molar-refractivity contribution is 0.297. The van der Waals surface area contributed by atoms with Crippen LogP contribution in [0.4, 0.5) is 4.39 Å². The molecule has 43 valence electrons. The lowest BCUT2D eigenvalue weighted by Crippen LogP contribution is -1.94. The largest absolute Gasteiger partial charge is 0.396 e. The molecular weight excluding hydrogens is 95.1 g/mol. The van der Waals surface area contributed by atoms with Gasteiger partial charge in [-0.3, -0.25) is 0 Å². The smallest absolute Gasteiger partial charge is 0.0977 e. The molecule has 0 bridgehead atoms. The summed E-state index contributed by atoms with van der Waals surface area (Å²) in [4.78, 5) is 0. The van der Waals surface area contributed by atoms with Crippen molar-refractivity contribution in [1.29, 1.82) is 0 Å². The van der Waals surface area contributed by atoms with Gasteiger partial charge in [-0.25, -0.2) is 4.39 Å². The summed E-state index contributed by atoms with van der Waals surface area (Å²) in [6.07, 6.45) is 1.05. The summed E-state index contributed by atoms with van der Waals surface area (Å²) in [6.45, 7) is 1.44. The lowest BCUT2D eigenvalue weighted by Gasteiger charge is -1.94. The van der Waals surface area contributed by atoms with Gasteiger partial charge in [-0.2, -0.15) is 0 Å². The summed E-state index contributed by atoms with van der Waals surface area (Å²) >= 11 is 0. The standard InChI is InChI=1S/C5H10FO/c1-5(6)3-2-4-7/h2,5,7H,3-4H2,1H3. The van der Waals surface area contributed by atoms with Crippen LogP contribution in [0, 0.1) is 6.42 Å². The summed E-state index contributed by atoms with van der Waals surface area (Å²) in [5.74, 6) is 0. The Balaban J connectivity index is 2.68. The van der Waals surface area contributed by atoms with Gasteiger partial charge in [0.25, 0.3) is 0 Å². The molecule has 1 nitrogen and oxygen atoms in total. The molecule has 1 radical (unpaired) electrons. The first-order chi connectivity index (χ1) is 3.27. The Kier molecular flexibility index (Phi) is 4.00. The van der Waals surface area contributed by atoms with E-state index in [0.717, 1.165) is 0 Å². The quantitative estimate of drug-likeness (QED) is 0.566. The Bertz CT molecular complexity index is 37.1. The summed E-state index contributed by atoms with van der Waals surface area (Å²) in [5.41, 5.74) is 0. The number of halogens is 1. The van der Waals surface area contributed by atoms with Crippen LogP contribution < -0.4 is 0 Å². The van der Waals surface area contributed by atoms with Crippen LogP contribution in [-0.2, 0) is 0 Å². The molecule has 1 atom stereocenters. The fourth-order valence-corrected chi connectivity index (χ4v) is 0.304. The molecule has 7 heavy (non-hydrogen) atoms. The fraction of sp³-hybridized carbons (Fsp3) is 0.800. The first-order valence-electron chi connectivity index (χ1n) is 2.34. The van der Waals surface area contributed by atoms with Crippen molar-refractivity contribution < 1.29 is 9.50 Å². The fourth-order valence-electron chi connectivity index (χ4n) is 0.304. The van der Waals surface area contributed by atoms with E-state index in [9.17, 15) is 4.39 Å². The Morgan fingerprint density at radius 3 is 2.57 bits per heavy atom. The van der Waals surface area contributed by atoms with Crippen LogP contribution in [0.3, 0.4) is 0 Å². The molecule has 1 N–H and O–H groups in total. The lowest BCUT2D eigenvalue weighted by atomic mass is 10.2. The van der Waals surface area contributed by atoms with Crippen molar-refractivity contribution >= 4 is 0 Å². The Hall–Kier alpha value is -0.110. The van der Waals surface area contributed by atoms with Gasteiger partial charge >= 0.3 is 0 Å². The van der Waals surface area contributed by atoms with Crippen molar-refractivity contribution in [2.24, 2.45) is 0 Å². The summed E-state index contributed by atoms with van der Waals surface area (Å²) in [6, 6.07) is 0. The van der Waals surface area contributed by atoms with Crippen LogP contribution in [0.1, 0.15) is 13.3 Å². The van der Waals surface area contributed by atoms with E-state index in [-0.39, 0.29) is 6.61 Å². The summed E-state index contributed by atoms with van der Waals surface area (Å²) in [5, 5.41) is 8.09. The number of hydrogen-bond donors (Lipinski definition) is 1. The van der Waals surface area contributed by atoms with Crippen LogP contribution in [0.5, 0.6) is 0 Å². The summed E-state index contributed by atoms with van der Waals surface area (Å²) in [7, 11) is 0. The molecule has 0 aliphatic heterocycles. The van der Waals surface area contributed by atoms with Crippen molar-refractivity contribution in [3.63, 3.8) is 0 Å². The third-order valence-corrected chi connectivity index (χ3v) is 0.621. The SMILES string of the molecule is CC(F)C[CH]CO. The number of alkyl halides is 1. The van der Waals surface area contributed by atoms with Crippen molar-refractivity contribution in [2.45, 2.75) is 19.5 Å². The van der Waals surface area contributed by atoms with Crippen molar-refractivity contribution in [3.8, 4) is 0 Å². The van der Waals surface area contributed by atoms with Crippen molar-refractivity contribution in [3.05, 3.63) is 6.42 Å². The maximum Gasteiger partial charge on any atom is 0.0977 e. The van der Waals surface area contributed by atoms with Crippen LogP contribution in [-0.4, -0.2) is 17.9 Å². The topological polar surface area (TPSA) is 20.2 Å². The van der Waals surface area contributed by atoms with E-state index >= 15 is 0 Å². The van der Waals surface area contributed by atoms with E-state index in [4.69, 9.17) is 5.11 Å². The number of aliphatic hydroxyl groups excluding tert-OH is 1. The average molecular weight is 105 g/mol. The third-order valence-electron chi connectivity index (χ3n) is 0.621. The molecule has 2 heteroatoms. The van der Waals surface area contributed by atoms with Crippen LogP contribution in [0.15, 0.2) is 0 Å². The summed E-state index contributed by atoms with van der Waals surface area (Å²) < 4.78 is 11.7. The van der Waals surface area contributed by atoms with Crippen LogP contribution in [0.25, 0.3) is 0 Å². The molecule has 0 spiro atoms. The van der Waals surface area contributed by atoms with Gasteiger partial charge in [0.15, 0.2) is 0 Å². The van der Waals surface area contributed by atoms with E-state index in [1.807, 2.05) is 0 Å². The second-order valence-electron chi connectivity index (χ2n) is 1.49. The van der Waals surface area contributed by atoms with E-state index in [0.29, 0.717) is 6.42 Å². The molecule has 1 unspecified atom stereocenters. The molecule has 0 aromatic heterocycles. The number of aliphatic hydroxyl groups is 1. The minimum absolute atomic E-state index is 0.0196. The van der Waals surface area contributed by atoms with E-state index in [1.165, 1.54) is 13.3 Å². The van der Waals surface area contributed by atoms with Gasteiger partial charge < -0.3 is 5.11 Å². The predicted octanol–water partition coefficient (Wildman–Crippen LogP) is 0.931. The maximum absolute atomic E-state index is 11.7. The second-order valence-corrected chi connectivity index (χ2v) is 1.49. The first-order valence-corrected chi connectivity index (χ1v) is 2.34. The molecular formula is C5H10FO. The molecule has 0 amide bonds. The molecule has 0 fully saturated rings. The molecule has 0 saturated heterocycles. The Morgan fingerprint density at radius 2 is 2.43 bits per heavy atom. The zero-order valence-corrected chi connectivity index (χ0v) is 4.39. The third kappa shape index (κ3) is 5.89. The van der Waals surface area contributed by atoms with Gasteiger partial charge in [-0.15, -0.1) is 0 Å². The molecule has 0 rings (SSSR count). The molecule has 0 aromatic carbocycles. The van der Waals surface area contributed by atoms with Gasteiger partial charge in [0.05, 0.1) is 6.17 Å². The highest BCUT2D eigenvalue weighted by Crippen LogP contribution is 1.96. The van der Waals surface area contributed by atoms with E-state index in [2.05, 4.69) is 0 Å². The molecule has 0 saturated carbocycles. The number of hydrogen-bond acceptors (Lipinski definition) is 1. The van der Waals surface area contributed by atoms with Crippen LogP contribution >= 0.6 is 0 Å². The van der Waals surface area contributed by atoms with Crippen LogP contribution in [0.2, 0.25) is 0 Å². The number of rotatable bonds is 3. The Morgan fingerprint density at radius 1 is 1.86 bits per heavy atom. The maximum atomic E-state index is 11.7.